The number of rotatable bonds is 1. The number of halogens is 2. The second-order valence-corrected chi connectivity index (χ2v) is 7.63. The van der Waals surface area contributed by atoms with Gasteiger partial charge in [0.05, 0.1) is 21.4 Å². The van der Waals surface area contributed by atoms with Gasteiger partial charge in [-0.3, -0.25) is 0 Å². The Morgan fingerprint density at radius 1 is 1.14 bits per heavy atom. The van der Waals surface area contributed by atoms with E-state index in [9.17, 15) is 0 Å². The molecule has 0 spiro atoms. The van der Waals surface area contributed by atoms with Crippen molar-refractivity contribution >= 4 is 29.0 Å². The number of hydrogen-bond acceptors (Lipinski definition) is 2. The van der Waals surface area contributed by atoms with Crippen LogP contribution in [0.5, 0.6) is 0 Å². The van der Waals surface area contributed by atoms with Crippen LogP contribution in [0, 0.1) is 0 Å². The van der Waals surface area contributed by atoms with Crippen molar-refractivity contribution in [1.29, 1.82) is 0 Å². The smallest absolute Gasteiger partial charge is 0.133 e. The lowest BCUT2D eigenvalue weighted by molar-refractivity contribution is 0.552. The first-order valence-corrected chi connectivity index (χ1v) is 8.45. The Labute approximate surface area is 141 Å². The summed E-state index contributed by atoms with van der Waals surface area (Å²) < 4.78 is 1.98. The van der Waals surface area contributed by atoms with Gasteiger partial charge in [0.25, 0.3) is 0 Å². The lowest BCUT2D eigenvalue weighted by Crippen LogP contribution is -2.15. The van der Waals surface area contributed by atoms with Crippen molar-refractivity contribution in [3.8, 4) is 5.69 Å². The van der Waals surface area contributed by atoms with Crippen LogP contribution in [0.25, 0.3) is 5.69 Å². The molecule has 1 N–H and O–H groups in total. The highest BCUT2D eigenvalue weighted by molar-refractivity contribution is 6.42. The van der Waals surface area contributed by atoms with Gasteiger partial charge in [0, 0.05) is 17.5 Å². The van der Waals surface area contributed by atoms with Crippen LogP contribution in [-0.2, 0) is 11.8 Å². The van der Waals surface area contributed by atoms with Gasteiger partial charge in [0.2, 0.25) is 0 Å². The zero-order valence-electron chi connectivity index (χ0n) is 13.2. The monoisotopic (exact) mass is 337 g/mol. The van der Waals surface area contributed by atoms with E-state index in [1.165, 1.54) is 18.4 Å². The van der Waals surface area contributed by atoms with Crippen molar-refractivity contribution in [3.05, 3.63) is 39.5 Å². The fourth-order valence-electron chi connectivity index (χ4n) is 2.91. The summed E-state index contributed by atoms with van der Waals surface area (Å²) in [5.41, 5.74) is 3.44. The molecule has 0 saturated carbocycles. The van der Waals surface area contributed by atoms with Gasteiger partial charge in [-0.1, -0.05) is 44.0 Å². The molecule has 2 heterocycles. The number of anilines is 1. The lowest BCUT2D eigenvalue weighted by Gasteiger charge is -2.17. The summed E-state index contributed by atoms with van der Waals surface area (Å²) in [6, 6.07) is 5.65. The predicted molar refractivity (Wildman–Crippen MR) is 93.7 cm³/mol. The third-order valence-electron chi connectivity index (χ3n) is 3.99. The molecule has 0 bridgehead atoms. The molecule has 2 aromatic rings. The van der Waals surface area contributed by atoms with Gasteiger partial charge < -0.3 is 5.32 Å². The highest BCUT2D eigenvalue weighted by Gasteiger charge is 2.28. The van der Waals surface area contributed by atoms with Crippen molar-refractivity contribution < 1.29 is 0 Å². The zero-order chi connectivity index (χ0) is 15.9. The van der Waals surface area contributed by atoms with Crippen LogP contribution in [0.15, 0.2) is 18.2 Å². The molecule has 3 rings (SSSR count). The van der Waals surface area contributed by atoms with Crippen molar-refractivity contribution in [2.75, 3.05) is 11.9 Å². The third-order valence-corrected chi connectivity index (χ3v) is 4.73. The van der Waals surface area contributed by atoms with E-state index in [0.29, 0.717) is 10.0 Å². The van der Waals surface area contributed by atoms with Crippen LogP contribution in [-0.4, -0.2) is 16.3 Å². The van der Waals surface area contributed by atoms with E-state index in [-0.39, 0.29) is 5.41 Å². The molecular formula is C17H21Cl2N3. The van der Waals surface area contributed by atoms with Gasteiger partial charge >= 0.3 is 0 Å². The zero-order valence-corrected chi connectivity index (χ0v) is 14.7. The van der Waals surface area contributed by atoms with E-state index in [0.717, 1.165) is 30.2 Å². The van der Waals surface area contributed by atoms with Gasteiger partial charge in [-0.25, -0.2) is 4.68 Å². The number of hydrogen-bond donors (Lipinski definition) is 1. The molecule has 22 heavy (non-hydrogen) atoms. The van der Waals surface area contributed by atoms with Crippen LogP contribution in [0.3, 0.4) is 0 Å². The molecule has 1 aliphatic heterocycles. The Morgan fingerprint density at radius 3 is 2.59 bits per heavy atom. The molecule has 1 aromatic heterocycles. The van der Waals surface area contributed by atoms with E-state index in [1.807, 2.05) is 22.9 Å². The molecule has 118 valence electrons. The number of fused-ring (bicyclic) bond motifs is 1. The average molecular weight is 338 g/mol. The topological polar surface area (TPSA) is 29.9 Å². The first-order valence-electron chi connectivity index (χ1n) is 7.69. The van der Waals surface area contributed by atoms with Crippen LogP contribution in [0.1, 0.15) is 44.9 Å². The van der Waals surface area contributed by atoms with Gasteiger partial charge in [0.1, 0.15) is 5.82 Å². The molecule has 0 aliphatic carbocycles. The molecule has 0 unspecified atom stereocenters. The molecule has 0 radical (unpaired) electrons. The minimum atomic E-state index is 0.0115. The average Bonchev–Trinajstić information content (AvgIpc) is 2.65. The Hall–Kier alpha value is -1.19. The highest BCUT2D eigenvalue weighted by Crippen LogP contribution is 2.35. The molecular weight excluding hydrogens is 317 g/mol. The molecule has 0 saturated heterocycles. The summed E-state index contributed by atoms with van der Waals surface area (Å²) >= 11 is 12.2. The maximum atomic E-state index is 6.18. The second-order valence-electron chi connectivity index (χ2n) is 6.82. The van der Waals surface area contributed by atoms with E-state index >= 15 is 0 Å². The van der Waals surface area contributed by atoms with Crippen molar-refractivity contribution in [2.24, 2.45) is 0 Å². The molecule has 0 atom stereocenters. The third kappa shape index (κ3) is 2.84. The Kier molecular flexibility index (Phi) is 4.13. The first kappa shape index (κ1) is 15.7. The van der Waals surface area contributed by atoms with E-state index in [2.05, 4.69) is 26.1 Å². The fraction of sp³-hybridized carbons (Fsp3) is 0.471. The van der Waals surface area contributed by atoms with Crippen molar-refractivity contribution in [1.82, 2.24) is 9.78 Å². The van der Waals surface area contributed by atoms with Crippen LogP contribution in [0.2, 0.25) is 10.0 Å². The predicted octanol–water partition coefficient (Wildman–Crippen LogP) is 5.22. The van der Waals surface area contributed by atoms with Crippen molar-refractivity contribution in [2.45, 2.75) is 45.4 Å². The summed E-state index contributed by atoms with van der Waals surface area (Å²) in [5, 5.41) is 9.55. The summed E-state index contributed by atoms with van der Waals surface area (Å²) in [5.74, 6) is 1.10. The van der Waals surface area contributed by atoms with E-state index < -0.39 is 0 Å². The second kappa shape index (κ2) is 5.78. The molecule has 1 aromatic carbocycles. The van der Waals surface area contributed by atoms with Crippen LogP contribution >= 0.6 is 23.2 Å². The van der Waals surface area contributed by atoms with Gasteiger partial charge in [0.15, 0.2) is 0 Å². The quantitative estimate of drug-likeness (QED) is 0.772. The highest BCUT2D eigenvalue weighted by atomic mass is 35.5. The summed E-state index contributed by atoms with van der Waals surface area (Å²) in [6.07, 6.45) is 3.44. The number of nitrogens with zero attached hydrogens (tertiary/aromatic N) is 2. The fourth-order valence-corrected chi connectivity index (χ4v) is 3.20. The molecule has 0 fully saturated rings. The number of nitrogens with one attached hydrogen (secondary N) is 1. The maximum Gasteiger partial charge on any atom is 0.133 e. The Balaban J connectivity index is 2.19. The molecule has 5 heteroatoms. The molecule has 0 amide bonds. The van der Waals surface area contributed by atoms with Gasteiger partial charge in [-0.05, 0) is 37.5 Å². The van der Waals surface area contributed by atoms with Gasteiger partial charge in [-0.15, -0.1) is 0 Å². The van der Waals surface area contributed by atoms with E-state index in [4.69, 9.17) is 28.3 Å². The Morgan fingerprint density at radius 2 is 1.91 bits per heavy atom. The maximum absolute atomic E-state index is 6.18. The molecule has 3 nitrogen and oxygen atoms in total. The summed E-state index contributed by atoms with van der Waals surface area (Å²) in [4.78, 5) is 0. The largest absolute Gasteiger partial charge is 0.370 e. The number of aromatic nitrogens is 2. The van der Waals surface area contributed by atoms with E-state index in [1.54, 1.807) is 0 Å². The normalized spacial score (nSPS) is 15.1. The summed E-state index contributed by atoms with van der Waals surface area (Å²) in [6.45, 7) is 7.60. The molecule has 1 aliphatic rings. The van der Waals surface area contributed by atoms with Crippen LogP contribution < -0.4 is 5.32 Å². The standard InChI is InChI=1S/C17H21Cl2N3/c1-17(2,3)15-12-6-4-5-9-20-16(12)22(21-15)11-7-8-13(18)14(19)10-11/h7-8,10,20H,4-6,9H2,1-3H3. The summed E-state index contributed by atoms with van der Waals surface area (Å²) in [7, 11) is 0. The van der Waals surface area contributed by atoms with Crippen LogP contribution in [0.4, 0.5) is 5.82 Å². The lowest BCUT2D eigenvalue weighted by atomic mass is 9.88. The SMILES string of the molecule is CC(C)(C)c1nn(-c2ccc(Cl)c(Cl)c2)c2c1CCCCN2. The minimum Gasteiger partial charge on any atom is -0.370 e. The number of benzene rings is 1. The Bertz CT molecular complexity index is 699. The van der Waals surface area contributed by atoms with Crippen molar-refractivity contribution in [3.63, 3.8) is 0 Å². The minimum absolute atomic E-state index is 0.0115. The van der Waals surface area contributed by atoms with Gasteiger partial charge in [-0.2, -0.15) is 5.10 Å². The first-order chi connectivity index (χ1) is 10.4.